The van der Waals surface area contributed by atoms with E-state index in [2.05, 4.69) is 81.5 Å². The zero-order valence-corrected chi connectivity index (χ0v) is 17.3. The molecule has 3 unspecified atom stereocenters. The van der Waals surface area contributed by atoms with Crippen molar-refractivity contribution in [3.63, 3.8) is 0 Å². The molecule has 2 aliphatic rings. The number of benzene rings is 2. The maximum Gasteiger partial charge on any atom is 0.272 e. The molecule has 0 fully saturated rings. The van der Waals surface area contributed by atoms with Crippen LogP contribution in [0.2, 0.25) is 0 Å². The molecule has 0 saturated heterocycles. The molecule has 1 aliphatic carbocycles. The van der Waals surface area contributed by atoms with Crippen LogP contribution in [0.1, 0.15) is 52.4 Å². The lowest BCUT2D eigenvalue weighted by Crippen LogP contribution is -2.29. The number of carbonyl (C=O) groups excluding carboxylic acids is 1. The molecule has 0 bridgehead atoms. The molecule has 5 rings (SSSR count). The smallest absolute Gasteiger partial charge is 0.272 e. The van der Waals surface area contributed by atoms with Crippen molar-refractivity contribution >= 4 is 17.3 Å². The lowest BCUT2D eigenvalue weighted by Gasteiger charge is -2.37. The summed E-state index contributed by atoms with van der Waals surface area (Å²) in [4.78, 5) is 16.2. The molecule has 2 heterocycles. The Hall–Kier alpha value is -3.73. The van der Waals surface area contributed by atoms with Gasteiger partial charge in [-0.05, 0) is 60.2 Å². The number of nitrogens with one attached hydrogen (secondary N) is 2. The van der Waals surface area contributed by atoms with E-state index in [0.29, 0.717) is 23.4 Å². The highest BCUT2D eigenvalue weighted by Gasteiger charge is 2.37. The van der Waals surface area contributed by atoms with Crippen molar-refractivity contribution in [2.75, 3.05) is 5.32 Å². The number of pyridine rings is 1. The first kappa shape index (κ1) is 19.2. The third-order valence-electron chi connectivity index (χ3n) is 6.19. The number of hydrogen-bond donors (Lipinski definition) is 2. The molecule has 1 aromatic heterocycles. The Balaban J connectivity index is 1.40. The van der Waals surface area contributed by atoms with Crippen molar-refractivity contribution in [2.24, 2.45) is 11.0 Å². The van der Waals surface area contributed by atoms with Gasteiger partial charge in [0.1, 0.15) is 0 Å². The van der Waals surface area contributed by atoms with E-state index in [1.807, 2.05) is 6.92 Å². The van der Waals surface area contributed by atoms with E-state index in [1.54, 1.807) is 18.3 Å². The highest BCUT2D eigenvalue weighted by Crippen LogP contribution is 2.49. The third-order valence-corrected chi connectivity index (χ3v) is 6.19. The Kier molecular flexibility index (Phi) is 5.08. The summed E-state index contributed by atoms with van der Waals surface area (Å²) < 4.78 is 0. The summed E-state index contributed by atoms with van der Waals surface area (Å²) in [5.74, 6) is 0.600. The summed E-state index contributed by atoms with van der Waals surface area (Å²) in [6, 6.07) is 20.8. The first-order valence-electron chi connectivity index (χ1n) is 10.6. The second kappa shape index (κ2) is 8.19. The van der Waals surface area contributed by atoms with E-state index >= 15 is 0 Å². The molecule has 0 saturated carbocycles. The molecule has 3 aromatic rings. The summed E-state index contributed by atoms with van der Waals surface area (Å²) in [7, 11) is 0. The molecule has 1 aliphatic heterocycles. The zero-order valence-electron chi connectivity index (χ0n) is 17.3. The minimum absolute atomic E-state index is 0.267. The van der Waals surface area contributed by atoms with Crippen molar-refractivity contribution < 1.29 is 4.79 Å². The predicted molar refractivity (Wildman–Crippen MR) is 123 cm³/mol. The fourth-order valence-electron chi connectivity index (χ4n) is 4.57. The van der Waals surface area contributed by atoms with E-state index in [0.717, 1.165) is 23.4 Å². The maximum atomic E-state index is 12.3. The van der Waals surface area contributed by atoms with Gasteiger partial charge >= 0.3 is 0 Å². The molecule has 1 amide bonds. The van der Waals surface area contributed by atoms with Crippen molar-refractivity contribution in [1.82, 2.24) is 10.4 Å². The number of anilines is 1. The van der Waals surface area contributed by atoms with Crippen LogP contribution in [0.5, 0.6) is 0 Å². The van der Waals surface area contributed by atoms with Gasteiger partial charge < -0.3 is 5.32 Å². The Labute approximate surface area is 181 Å². The van der Waals surface area contributed by atoms with E-state index in [4.69, 9.17) is 0 Å². The number of hydrogen-bond acceptors (Lipinski definition) is 4. The monoisotopic (exact) mass is 408 g/mol. The van der Waals surface area contributed by atoms with E-state index in [9.17, 15) is 4.79 Å². The van der Waals surface area contributed by atoms with Crippen LogP contribution < -0.4 is 10.7 Å². The highest BCUT2D eigenvalue weighted by atomic mass is 16.2. The second-order valence-electron chi connectivity index (χ2n) is 8.07. The minimum Gasteiger partial charge on any atom is -0.378 e. The normalized spacial score (nSPS) is 21.7. The first-order valence-corrected chi connectivity index (χ1v) is 10.6. The number of hydrazone groups is 1. The van der Waals surface area contributed by atoms with Crippen molar-refractivity contribution in [2.45, 2.75) is 25.3 Å². The van der Waals surface area contributed by atoms with E-state index in [1.165, 1.54) is 17.3 Å². The number of rotatable bonds is 4. The summed E-state index contributed by atoms with van der Waals surface area (Å²) in [5.41, 5.74) is 8.67. The molecular formula is C26H24N4O. The van der Waals surface area contributed by atoms with Gasteiger partial charge in [0.25, 0.3) is 5.91 Å². The lowest BCUT2D eigenvalue weighted by atomic mass is 9.76. The molecule has 154 valence electrons. The summed E-state index contributed by atoms with van der Waals surface area (Å²) >= 11 is 0. The van der Waals surface area contributed by atoms with Gasteiger partial charge in [-0.15, -0.1) is 0 Å². The number of carbonyl (C=O) groups is 1. The number of amides is 1. The van der Waals surface area contributed by atoms with Gasteiger partial charge in [0, 0.05) is 24.0 Å². The van der Waals surface area contributed by atoms with Crippen LogP contribution in [0.4, 0.5) is 5.69 Å². The minimum atomic E-state index is -0.267. The predicted octanol–water partition coefficient (Wildman–Crippen LogP) is 5.06. The van der Waals surface area contributed by atoms with Crippen LogP contribution in [0.25, 0.3) is 0 Å². The molecule has 5 nitrogen and oxygen atoms in total. The Bertz CT molecular complexity index is 1150. The van der Waals surface area contributed by atoms with Gasteiger partial charge in [0.05, 0.1) is 17.3 Å². The van der Waals surface area contributed by atoms with Crippen molar-refractivity contribution in [3.05, 3.63) is 107 Å². The van der Waals surface area contributed by atoms with Crippen LogP contribution in [-0.2, 0) is 0 Å². The first-order chi connectivity index (χ1) is 15.2. The van der Waals surface area contributed by atoms with Gasteiger partial charge in [-0.2, -0.15) is 5.10 Å². The Morgan fingerprint density at radius 3 is 2.77 bits per heavy atom. The Morgan fingerprint density at radius 1 is 1.10 bits per heavy atom. The highest BCUT2D eigenvalue weighted by molar-refractivity contribution is 6.01. The molecule has 0 spiro atoms. The van der Waals surface area contributed by atoms with Gasteiger partial charge in [0.2, 0.25) is 0 Å². The summed E-state index contributed by atoms with van der Waals surface area (Å²) in [6.07, 6.45) is 8.86. The third kappa shape index (κ3) is 3.75. The van der Waals surface area contributed by atoms with Gasteiger partial charge in [-0.1, -0.05) is 48.6 Å². The van der Waals surface area contributed by atoms with Crippen LogP contribution in [-0.4, -0.2) is 16.6 Å². The van der Waals surface area contributed by atoms with Crippen molar-refractivity contribution in [3.8, 4) is 0 Å². The zero-order chi connectivity index (χ0) is 21.2. The van der Waals surface area contributed by atoms with E-state index in [-0.39, 0.29) is 5.91 Å². The number of fused-ring (bicyclic) bond motifs is 3. The number of aromatic nitrogens is 1. The van der Waals surface area contributed by atoms with Crippen LogP contribution >= 0.6 is 0 Å². The number of nitrogens with zero attached hydrogens (tertiary/aromatic N) is 2. The average Bonchev–Trinajstić information content (AvgIpc) is 3.33. The average molecular weight is 409 g/mol. The second-order valence-corrected chi connectivity index (χ2v) is 8.07. The fraction of sp³-hybridized carbons (Fsp3) is 0.192. The van der Waals surface area contributed by atoms with Crippen molar-refractivity contribution in [1.29, 1.82) is 0 Å². The SMILES string of the molecule is CC(=NNC(=O)c1cccnc1)c1ccc2c(c1)C1C=CCC1C(c1ccccc1)N2. The summed E-state index contributed by atoms with van der Waals surface area (Å²) in [6.45, 7) is 1.91. The topological polar surface area (TPSA) is 66.4 Å². The lowest BCUT2D eigenvalue weighted by molar-refractivity contribution is 0.0954. The molecular weight excluding hydrogens is 384 g/mol. The Morgan fingerprint density at radius 2 is 1.97 bits per heavy atom. The molecule has 3 atom stereocenters. The summed E-state index contributed by atoms with van der Waals surface area (Å²) in [5, 5.41) is 8.08. The van der Waals surface area contributed by atoms with Gasteiger partial charge in [-0.25, -0.2) is 5.43 Å². The largest absolute Gasteiger partial charge is 0.378 e. The standard InChI is InChI=1S/C26H24N4O/c1-17(29-30-26(31)20-9-6-14-27-16-20)19-12-13-24-23(15-19)21-10-5-11-22(21)25(28-24)18-7-3-2-4-8-18/h2-10,12-16,21-22,25,28H,11H2,1H3,(H,30,31). The number of allylic oxidation sites excluding steroid dienone is 2. The van der Waals surface area contributed by atoms with Crippen LogP contribution in [0.3, 0.4) is 0 Å². The molecule has 0 radical (unpaired) electrons. The van der Waals surface area contributed by atoms with Crippen LogP contribution in [0.15, 0.2) is 90.3 Å². The van der Waals surface area contributed by atoms with Crippen LogP contribution in [0, 0.1) is 5.92 Å². The maximum absolute atomic E-state index is 12.3. The molecule has 5 heteroatoms. The fourth-order valence-corrected chi connectivity index (χ4v) is 4.57. The molecule has 2 aromatic carbocycles. The quantitative estimate of drug-likeness (QED) is 0.360. The molecule has 2 N–H and O–H groups in total. The van der Waals surface area contributed by atoms with Gasteiger partial charge in [-0.3, -0.25) is 9.78 Å². The van der Waals surface area contributed by atoms with E-state index < -0.39 is 0 Å². The van der Waals surface area contributed by atoms with Gasteiger partial charge in [0.15, 0.2) is 0 Å². The molecule has 31 heavy (non-hydrogen) atoms.